The molecule has 0 aromatic heterocycles. The summed E-state index contributed by atoms with van der Waals surface area (Å²) in [7, 11) is -3.79. The van der Waals surface area contributed by atoms with Gasteiger partial charge in [0.25, 0.3) is 0 Å². The Morgan fingerprint density at radius 2 is 1.90 bits per heavy atom. The summed E-state index contributed by atoms with van der Waals surface area (Å²) in [6.07, 6.45) is 1.84. The van der Waals surface area contributed by atoms with Crippen molar-refractivity contribution in [3.8, 4) is 5.75 Å². The Labute approximate surface area is 183 Å². The molecule has 0 bridgehead atoms. The maximum absolute atomic E-state index is 13.4. The minimum atomic E-state index is -3.79. The van der Waals surface area contributed by atoms with E-state index >= 15 is 0 Å². The van der Waals surface area contributed by atoms with Crippen LogP contribution >= 0.6 is 0 Å². The van der Waals surface area contributed by atoms with Crippen molar-refractivity contribution in [2.45, 2.75) is 58.2 Å². The molecule has 0 saturated carbocycles. The van der Waals surface area contributed by atoms with Crippen LogP contribution in [0.3, 0.4) is 0 Å². The van der Waals surface area contributed by atoms with Gasteiger partial charge < -0.3 is 10.1 Å². The van der Waals surface area contributed by atoms with Gasteiger partial charge in [-0.2, -0.15) is 0 Å². The largest absolute Gasteiger partial charge is 0.487 e. The van der Waals surface area contributed by atoms with Crippen molar-refractivity contribution in [2.75, 3.05) is 10.6 Å². The molecule has 1 aliphatic heterocycles. The van der Waals surface area contributed by atoms with Crippen molar-refractivity contribution in [3.05, 3.63) is 59.4 Å². The highest BCUT2D eigenvalue weighted by Crippen LogP contribution is 2.40. The number of hydrogen-bond acceptors (Lipinski definition) is 4. The zero-order valence-corrected chi connectivity index (χ0v) is 19.3. The molecule has 1 aliphatic rings. The van der Waals surface area contributed by atoms with E-state index in [1.54, 1.807) is 6.92 Å². The van der Waals surface area contributed by atoms with Gasteiger partial charge in [0.15, 0.2) is 0 Å². The highest BCUT2D eigenvalue weighted by molar-refractivity contribution is 7.92. The topological polar surface area (TPSA) is 75.7 Å². The third-order valence-electron chi connectivity index (χ3n) is 5.35. The number of ether oxygens (including phenoxy) is 1. The number of carbonyl (C=O) groups is 1. The fraction of sp³-hybridized carbons (Fsp3) is 0.435. The summed E-state index contributed by atoms with van der Waals surface area (Å²) < 4.78 is 45.7. The molecule has 0 radical (unpaired) electrons. The maximum atomic E-state index is 13.4. The number of nitrogens with one attached hydrogen (secondary N) is 1. The van der Waals surface area contributed by atoms with Crippen molar-refractivity contribution < 1.29 is 22.3 Å². The molecule has 0 fully saturated rings. The molecule has 31 heavy (non-hydrogen) atoms. The summed E-state index contributed by atoms with van der Waals surface area (Å²) in [6, 6.07) is 9.61. The van der Waals surface area contributed by atoms with Gasteiger partial charge in [-0.3, -0.25) is 9.10 Å². The van der Waals surface area contributed by atoms with E-state index in [0.29, 0.717) is 12.2 Å². The molecular weight excluding hydrogens is 419 g/mol. The van der Waals surface area contributed by atoms with E-state index in [0.717, 1.165) is 21.7 Å². The lowest BCUT2D eigenvalue weighted by Crippen LogP contribution is -2.51. The van der Waals surface area contributed by atoms with Gasteiger partial charge >= 0.3 is 0 Å². The SMILES string of the molecule is CC[C@@H](C(=O)N[C@@H]1CC(C)(C)Oc2cc(C)ccc21)N(c1ccc(F)cc1)S(C)(=O)=O. The van der Waals surface area contributed by atoms with Crippen LogP contribution in [0.5, 0.6) is 5.75 Å². The summed E-state index contributed by atoms with van der Waals surface area (Å²) in [5.74, 6) is -0.175. The predicted molar refractivity (Wildman–Crippen MR) is 119 cm³/mol. The Bertz CT molecular complexity index is 1070. The molecule has 2 atom stereocenters. The molecule has 1 heterocycles. The van der Waals surface area contributed by atoms with E-state index in [4.69, 9.17) is 4.74 Å². The average molecular weight is 449 g/mol. The average Bonchev–Trinajstić information content (AvgIpc) is 2.64. The number of nitrogens with zero attached hydrogens (tertiary/aromatic N) is 1. The van der Waals surface area contributed by atoms with E-state index in [1.165, 1.54) is 24.3 Å². The van der Waals surface area contributed by atoms with E-state index in [1.807, 2.05) is 39.0 Å². The number of fused-ring (bicyclic) bond motifs is 1. The Hall–Kier alpha value is -2.61. The predicted octanol–water partition coefficient (Wildman–Crippen LogP) is 4.10. The Balaban J connectivity index is 1.94. The van der Waals surface area contributed by atoms with Crippen molar-refractivity contribution in [2.24, 2.45) is 0 Å². The summed E-state index contributed by atoms with van der Waals surface area (Å²) in [4.78, 5) is 13.3. The van der Waals surface area contributed by atoms with Gasteiger partial charge in [0.05, 0.1) is 18.0 Å². The van der Waals surface area contributed by atoms with Crippen molar-refractivity contribution in [1.82, 2.24) is 5.32 Å². The molecule has 0 aliphatic carbocycles. The van der Waals surface area contributed by atoms with Crippen LogP contribution in [0, 0.1) is 12.7 Å². The molecule has 3 rings (SSSR count). The van der Waals surface area contributed by atoms with Crippen LogP contribution in [0.15, 0.2) is 42.5 Å². The molecular formula is C23H29FN2O4S. The van der Waals surface area contributed by atoms with Crippen LogP contribution in [0.25, 0.3) is 0 Å². The second-order valence-corrected chi connectivity index (χ2v) is 10.5. The summed E-state index contributed by atoms with van der Waals surface area (Å²) in [5, 5.41) is 3.04. The van der Waals surface area contributed by atoms with Crippen LogP contribution in [0.1, 0.15) is 50.8 Å². The van der Waals surface area contributed by atoms with E-state index in [9.17, 15) is 17.6 Å². The lowest BCUT2D eigenvalue weighted by atomic mass is 9.89. The molecule has 2 aromatic carbocycles. The highest BCUT2D eigenvalue weighted by Gasteiger charge is 2.37. The standard InChI is InChI=1S/C23H29FN2O4S/c1-6-20(26(31(5,28)29)17-10-8-16(24)9-11-17)22(27)25-19-14-23(3,4)30-21-13-15(2)7-12-18(19)21/h7-13,19-20H,6,14H2,1-5H3,(H,25,27)/t19-,20+/m1/s1. The van der Waals surface area contributed by atoms with Gasteiger partial charge in [0.1, 0.15) is 23.2 Å². The first-order valence-corrected chi connectivity index (χ1v) is 12.1. The minimum absolute atomic E-state index is 0.245. The van der Waals surface area contributed by atoms with E-state index < -0.39 is 33.4 Å². The number of halogens is 1. The zero-order valence-electron chi connectivity index (χ0n) is 18.5. The van der Waals surface area contributed by atoms with Crippen LogP contribution in [-0.2, 0) is 14.8 Å². The molecule has 8 heteroatoms. The molecule has 6 nitrogen and oxygen atoms in total. The minimum Gasteiger partial charge on any atom is -0.487 e. The van der Waals surface area contributed by atoms with Gasteiger partial charge in [-0.15, -0.1) is 0 Å². The molecule has 2 aromatic rings. The van der Waals surface area contributed by atoms with E-state index in [2.05, 4.69) is 5.32 Å². The van der Waals surface area contributed by atoms with Gasteiger partial charge in [0, 0.05) is 12.0 Å². The summed E-state index contributed by atoms with van der Waals surface area (Å²) in [5.41, 5.74) is 1.66. The zero-order chi connectivity index (χ0) is 23.0. The molecule has 0 spiro atoms. The van der Waals surface area contributed by atoms with Gasteiger partial charge in [-0.05, 0) is 63.1 Å². The number of carbonyl (C=O) groups excluding carboxylic acids is 1. The first-order chi connectivity index (χ1) is 14.4. The van der Waals surface area contributed by atoms with Crippen molar-refractivity contribution >= 4 is 21.6 Å². The fourth-order valence-corrected chi connectivity index (χ4v) is 5.22. The first-order valence-electron chi connectivity index (χ1n) is 10.3. The monoisotopic (exact) mass is 448 g/mol. The number of rotatable bonds is 6. The van der Waals surface area contributed by atoms with Crippen molar-refractivity contribution in [1.29, 1.82) is 0 Å². The third kappa shape index (κ3) is 5.18. The van der Waals surface area contributed by atoms with Gasteiger partial charge in [-0.1, -0.05) is 19.1 Å². The molecule has 1 amide bonds. The number of sulfonamides is 1. The molecule has 168 valence electrons. The Kier molecular flexibility index (Phi) is 6.32. The smallest absolute Gasteiger partial charge is 0.244 e. The normalized spacial score (nSPS) is 18.5. The maximum Gasteiger partial charge on any atom is 0.244 e. The summed E-state index contributed by atoms with van der Waals surface area (Å²) >= 11 is 0. The van der Waals surface area contributed by atoms with Crippen LogP contribution in [0.4, 0.5) is 10.1 Å². The second-order valence-electron chi connectivity index (χ2n) is 8.63. The Morgan fingerprint density at radius 1 is 1.26 bits per heavy atom. The molecule has 0 unspecified atom stereocenters. The first kappa shape index (κ1) is 23.1. The number of benzene rings is 2. The second kappa shape index (κ2) is 8.49. The van der Waals surface area contributed by atoms with E-state index in [-0.39, 0.29) is 18.2 Å². The number of hydrogen-bond donors (Lipinski definition) is 1. The molecule has 0 saturated heterocycles. The third-order valence-corrected chi connectivity index (χ3v) is 6.53. The van der Waals surface area contributed by atoms with Gasteiger partial charge in [-0.25, -0.2) is 12.8 Å². The van der Waals surface area contributed by atoms with Crippen LogP contribution in [-0.4, -0.2) is 32.2 Å². The summed E-state index contributed by atoms with van der Waals surface area (Å²) in [6.45, 7) is 7.63. The number of amides is 1. The number of aryl methyl sites for hydroxylation is 1. The quantitative estimate of drug-likeness (QED) is 0.722. The van der Waals surface area contributed by atoms with Gasteiger partial charge in [0.2, 0.25) is 15.9 Å². The molecule has 1 N–H and O–H groups in total. The highest BCUT2D eigenvalue weighted by atomic mass is 32.2. The van der Waals surface area contributed by atoms with Crippen LogP contribution in [0.2, 0.25) is 0 Å². The Morgan fingerprint density at radius 3 is 2.48 bits per heavy atom. The van der Waals surface area contributed by atoms with Crippen LogP contribution < -0.4 is 14.4 Å². The lowest BCUT2D eigenvalue weighted by Gasteiger charge is -2.39. The fourth-order valence-electron chi connectivity index (χ4n) is 4.00. The lowest BCUT2D eigenvalue weighted by molar-refractivity contribution is -0.123. The number of anilines is 1. The van der Waals surface area contributed by atoms with Crippen molar-refractivity contribution in [3.63, 3.8) is 0 Å².